The summed E-state index contributed by atoms with van der Waals surface area (Å²) in [5.41, 5.74) is 0. The minimum Gasteiger partial charge on any atom is -0.504 e. The molecule has 0 amide bonds. The van der Waals surface area contributed by atoms with E-state index in [2.05, 4.69) is 48.5 Å². The van der Waals surface area contributed by atoms with Gasteiger partial charge in [-0.3, -0.25) is 0 Å². The van der Waals surface area contributed by atoms with Crippen molar-refractivity contribution < 1.29 is 10.2 Å². The Morgan fingerprint density at radius 2 is 1.04 bits per heavy atom. The van der Waals surface area contributed by atoms with Gasteiger partial charge in [-0.2, -0.15) is 0 Å². The third-order valence-corrected chi connectivity index (χ3v) is 5.51. The van der Waals surface area contributed by atoms with Crippen molar-refractivity contribution in [2.24, 2.45) is 0 Å². The van der Waals surface area contributed by atoms with Crippen LogP contribution in [0.5, 0.6) is 11.5 Å². The highest BCUT2D eigenvalue weighted by molar-refractivity contribution is 7.26. The number of phenols is 2. The first-order valence-electron chi connectivity index (χ1n) is 7.40. The molecule has 1 heterocycles. The molecule has 0 fully saturated rings. The third-order valence-electron chi connectivity index (χ3n) is 4.39. The Morgan fingerprint density at radius 3 is 1.70 bits per heavy atom. The summed E-state index contributed by atoms with van der Waals surface area (Å²) in [5, 5.41) is 26.2. The van der Waals surface area contributed by atoms with Crippen molar-refractivity contribution in [3.8, 4) is 11.5 Å². The summed E-state index contributed by atoms with van der Waals surface area (Å²) in [6.45, 7) is 0. The number of aromatic hydroxyl groups is 2. The zero-order valence-corrected chi connectivity index (χ0v) is 12.9. The fourth-order valence-electron chi connectivity index (χ4n) is 3.23. The average Bonchev–Trinajstić information content (AvgIpc) is 2.88. The van der Waals surface area contributed by atoms with Crippen LogP contribution in [0.4, 0.5) is 0 Å². The van der Waals surface area contributed by atoms with Crippen molar-refractivity contribution >= 4 is 53.1 Å². The Morgan fingerprint density at radius 1 is 0.565 bits per heavy atom. The van der Waals surface area contributed by atoms with Crippen molar-refractivity contribution in [3.63, 3.8) is 0 Å². The lowest BCUT2D eigenvalue weighted by molar-refractivity contribution is 0.405. The lowest BCUT2D eigenvalue weighted by Gasteiger charge is -2.03. The van der Waals surface area contributed by atoms with Gasteiger partial charge >= 0.3 is 0 Å². The fourth-order valence-corrected chi connectivity index (χ4v) is 4.40. The summed E-state index contributed by atoms with van der Waals surface area (Å²) in [6, 6.07) is 20.2. The van der Waals surface area contributed by atoms with Gasteiger partial charge in [0.1, 0.15) is 0 Å². The van der Waals surface area contributed by atoms with Crippen molar-refractivity contribution in [2.75, 3.05) is 0 Å². The van der Waals surface area contributed by atoms with Crippen LogP contribution in [0.25, 0.3) is 41.7 Å². The normalized spacial score (nSPS) is 11.8. The number of phenolic OH excluding ortho intramolecular Hbond substituents is 2. The maximum Gasteiger partial charge on any atom is 0.158 e. The maximum atomic E-state index is 9.75. The van der Waals surface area contributed by atoms with Gasteiger partial charge in [-0.15, -0.1) is 11.3 Å². The van der Waals surface area contributed by atoms with E-state index in [1.165, 1.54) is 30.9 Å². The second kappa shape index (κ2) is 4.37. The summed E-state index contributed by atoms with van der Waals surface area (Å²) in [6.07, 6.45) is 0. The molecule has 3 heteroatoms. The van der Waals surface area contributed by atoms with Gasteiger partial charge < -0.3 is 10.2 Å². The molecule has 1 aromatic heterocycles. The molecule has 5 rings (SSSR count). The van der Waals surface area contributed by atoms with E-state index in [1.807, 2.05) is 0 Å². The van der Waals surface area contributed by atoms with Crippen LogP contribution >= 0.6 is 11.3 Å². The molecule has 5 aromatic rings. The van der Waals surface area contributed by atoms with E-state index < -0.39 is 0 Å². The van der Waals surface area contributed by atoms with Gasteiger partial charge in [-0.25, -0.2) is 0 Å². The van der Waals surface area contributed by atoms with Crippen LogP contribution in [-0.4, -0.2) is 10.2 Å². The van der Waals surface area contributed by atoms with Crippen LogP contribution in [0.15, 0.2) is 60.7 Å². The molecule has 0 unspecified atom stereocenters. The molecule has 23 heavy (non-hydrogen) atoms. The zero-order chi connectivity index (χ0) is 15.6. The van der Waals surface area contributed by atoms with Crippen LogP contribution in [0.2, 0.25) is 0 Å². The minimum absolute atomic E-state index is 0.0799. The first kappa shape index (κ1) is 12.7. The van der Waals surface area contributed by atoms with E-state index in [-0.39, 0.29) is 11.5 Å². The Balaban J connectivity index is 1.96. The Hall–Kier alpha value is -2.78. The van der Waals surface area contributed by atoms with Crippen LogP contribution < -0.4 is 0 Å². The van der Waals surface area contributed by atoms with E-state index in [1.54, 1.807) is 23.5 Å². The molecule has 0 radical (unpaired) electrons. The van der Waals surface area contributed by atoms with Gasteiger partial charge in [-0.05, 0) is 57.9 Å². The highest BCUT2D eigenvalue weighted by atomic mass is 32.1. The average molecular weight is 316 g/mol. The number of benzene rings is 4. The molecule has 0 saturated carbocycles. The Bertz CT molecular complexity index is 1230. The minimum atomic E-state index is -0.0816. The number of hydrogen-bond donors (Lipinski definition) is 2. The lowest BCUT2D eigenvalue weighted by atomic mass is 10.0. The van der Waals surface area contributed by atoms with E-state index >= 15 is 0 Å². The molecule has 0 aliphatic heterocycles. The molecule has 2 nitrogen and oxygen atoms in total. The molecular weight excluding hydrogens is 304 g/mol. The molecule has 4 aromatic carbocycles. The van der Waals surface area contributed by atoms with Gasteiger partial charge in [0, 0.05) is 20.2 Å². The summed E-state index contributed by atoms with van der Waals surface area (Å²) in [7, 11) is 0. The fraction of sp³-hybridized carbons (Fsp3) is 0. The smallest absolute Gasteiger partial charge is 0.158 e. The van der Waals surface area contributed by atoms with Crippen LogP contribution in [0, 0.1) is 0 Å². The monoisotopic (exact) mass is 316 g/mol. The topological polar surface area (TPSA) is 40.5 Å². The number of hydrogen-bond acceptors (Lipinski definition) is 3. The highest BCUT2D eigenvalue weighted by Crippen LogP contribution is 2.40. The summed E-state index contributed by atoms with van der Waals surface area (Å²) in [5.74, 6) is -0.162. The number of thiophene rings is 1. The molecule has 0 bridgehead atoms. The SMILES string of the molecule is Oc1cc2cc3sc4cc5ccccc5cc4c3cc2cc1O. The Kier molecular flexibility index (Phi) is 2.42. The second-order valence-corrected chi connectivity index (χ2v) is 6.92. The standard InChI is InChI=1S/C20H12O2S/c21-17-7-13-6-16-15-5-11-3-1-2-4-12(11)9-19(15)23-20(16)10-14(13)8-18(17)22/h1-10,21-22H. The predicted molar refractivity (Wildman–Crippen MR) is 97.7 cm³/mol. The summed E-state index contributed by atoms with van der Waals surface area (Å²) >= 11 is 1.76. The van der Waals surface area contributed by atoms with Gasteiger partial charge in [0.15, 0.2) is 11.5 Å². The first-order chi connectivity index (χ1) is 11.2. The lowest BCUT2D eigenvalue weighted by Crippen LogP contribution is -1.75. The summed E-state index contributed by atoms with van der Waals surface area (Å²) in [4.78, 5) is 0. The van der Waals surface area contributed by atoms with E-state index in [0.29, 0.717) is 0 Å². The van der Waals surface area contributed by atoms with Crippen LogP contribution in [0.1, 0.15) is 0 Å². The first-order valence-corrected chi connectivity index (χ1v) is 8.21. The molecular formula is C20H12O2S. The van der Waals surface area contributed by atoms with Crippen molar-refractivity contribution in [1.82, 2.24) is 0 Å². The predicted octanol–water partition coefficient (Wildman–Crippen LogP) is 5.77. The van der Waals surface area contributed by atoms with Crippen molar-refractivity contribution in [2.45, 2.75) is 0 Å². The molecule has 110 valence electrons. The van der Waals surface area contributed by atoms with Crippen LogP contribution in [-0.2, 0) is 0 Å². The highest BCUT2D eigenvalue weighted by Gasteiger charge is 2.10. The number of fused-ring (bicyclic) bond motifs is 5. The maximum absolute atomic E-state index is 9.75. The van der Waals surface area contributed by atoms with Gasteiger partial charge in [0.25, 0.3) is 0 Å². The molecule has 0 atom stereocenters. The quantitative estimate of drug-likeness (QED) is 0.356. The van der Waals surface area contributed by atoms with E-state index in [4.69, 9.17) is 0 Å². The van der Waals surface area contributed by atoms with Gasteiger partial charge in [0.05, 0.1) is 0 Å². The van der Waals surface area contributed by atoms with E-state index in [0.717, 1.165) is 10.8 Å². The van der Waals surface area contributed by atoms with Crippen molar-refractivity contribution in [3.05, 3.63) is 60.7 Å². The second-order valence-electron chi connectivity index (χ2n) is 5.83. The largest absolute Gasteiger partial charge is 0.504 e. The molecule has 0 aliphatic carbocycles. The van der Waals surface area contributed by atoms with Gasteiger partial charge in [-0.1, -0.05) is 24.3 Å². The van der Waals surface area contributed by atoms with Crippen molar-refractivity contribution in [1.29, 1.82) is 0 Å². The summed E-state index contributed by atoms with van der Waals surface area (Å²) < 4.78 is 2.44. The zero-order valence-electron chi connectivity index (χ0n) is 12.1. The molecule has 0 saturated heterocycles. The Labute approximate surface area is 135 Å². The molecule has 0 aliphatic rings. The third kappa shape index (κ3) is 1.80. The van der Waals surface area contributed by atoms with Crippen LogP contribution in [0.3, 0.4) is 0 Å². The molecule has 0 spiro atoms. The molecule has 2 N–H and O–H groups in total. The number of rotatable bonds is 0. The van der Waals surface area contributed by atoms with Gasteiger partial charge in [0.2, 0.25) is 0 Å². The van der Waals surface area contributed by atoms with E-state index in [9.17, 15) is 10.2 Å².